The molecule has 1 aromatic rings. The number of rotatable bonds is 7. The highest BCUT2D eigenvalue weighted by molar-refractivity contribution is 5.76. The minimum Gasteiger partial charge on any atom is -0.493 e. The highest BCUT2D eigenvalue weighted by Gasteiger charge is 2.21. The van der Waals surface area contributed by atoms with Gasteiger partial charge in [-0.15, -0.1) is 0 Å². The molecule has 19 heavy (non-hydrogen) atoms. The van der Waals surface area contributed by atoms with Crippen molar-refractivity contribution in [2.24, 2.45) is 0 Å². The number of methoxy groups -OCH3 is 2. The number of carboxylic acid groups (broad SMARTS) is 1. The third-order valence-corrected chi connectivity index (χ3v) is 2.61. The van der Waals surface area contributed by atoms with Gasteiger partial charge in [0.2, 0.25) is 0 Å². The number of carbonyl (C=O) groups is 1. The molecule has 0 aliphatic rings. The largest absolute Gasteiger partial charge is 0.493 e. The van der Waals surface area contributed by atoms with Gasteiger partial charge in [-0.1, -0.05) is 6.07 Å². The van der Waals surface area contributed by atoms with Crippen LogP contribution in [-0.4, -0.2) is 43.1 Å². The van der Waals surface area contributed by atoms with Gasteiger partial charge in [-0.25, -0.2) is 0 Å². The lowest BCUT2D eigenvalue weighted by molar-refractivity contribution is -0.139. The Hall–Kier alpha value is -1.79. The van der Waals surface area contributed by atoms with Gasteiger partial charge in [0.25, 0.3) is 0 Å². The second-order valence-electron chi connectivity index (χ2n) is 4.14. The Balaban J connectivity index is 2.99. The zero-order valence-electron chi connectivity index (χ0n) is 11.2. The normalized spacial score (nSPS) is 13.7. The molecule has 0 aromatic heterocycles. The monoisotopic (exact) mass is 269 g/mol. The Morgan fingerprint density at radius 1 is 1.32 bits per heavy atom. The van der Waals surface area contributed by atoms with Crippen LogP contribution in [0.2, 0.25) is 0 Å². The van der Waals surface area contributed by atoms with E-state index in [1.807, 2.05) is 0 Å². The van der Waals surface area contributed by atoms with Crippen LogP contribution in [0.25, 0.3) is 0 Å². The number of nitrogens with one attached hydrogen (secondary N) is 1. The average Bonchev–Trinajstić information content (AvgIpc) is 2.37. The average molecular weight is 269 g/mol. The topological polar surface area (TPSA) is 88.0 Å². The Morgan fingerprint density at radius 3 is 2.42 bits per heavy atom. The third kappa shape index (κ3) is 4.11. The van der Waals surface area contributed by atoms with Gasteiger partial charge in [-0.2, -0.15) is 0 Å². The van der Waals surface area contributed by atoms with Crippen molar-refractivity contribution in [3.05, 3.63) is 23.8 Å². The van der Waals surface area contributed by atoms with E-state index in [2.05, 4.69) is 5.32 Å². The Morgan fingerprint density at radius 2 is 1.95 bits per heavy atom. The van der Waals surface area contributed by atoms with Crippen LogP contribution >= 0.6 is 0 Å². The molecule has 0 amide bonds. The van der Waals surface area contributed by atoms with Gasteiger partial charge in [-0.05, 0) is 24.6 Å². The summed E-state index contributed by atoms with van der Waals surface area (Å²) in [5, 5.41) is 21.2. The van der Waals surface area contributed by atoms with Gasteiger partial charge in [0, 0.05) is 6.54 Å². The summed E-state index contributed by atoms with van der Waals surface area (Å²) in [7, 11) is 3.00. The second kappa shape index (κ2) is 6.96. The molecule has 6 heteroatoms. The molecule has 3 N–H and O–H groups in total. The standard InChI is InChI=1S/C13H19NO5/c1-8(15)7-14-12(13(16)17)9-4-5-10(18-2)11(6-9)19-3/h4-6,8,12,14-15H,7H2,1-3H3,(H,16,17). The number of aliphatic hydroxyl groups is 1. The van der Waals surface area contributed by atoms with Crippen molar-refractivity contribution in [3.63, 3.8) is 0 Å². The number of carboxylic acids is 1. The van der Waals surface area contributed by atoms with Gasteiger partial charge < -0.3 is 19.7 Å². The number of benzene rings is 1. The molecule has 2 atom stereocenters. The first kappa shape index (κ1) is 15.3. The maximum Gasteiger partial charge on any atom is 0.325 e. The second-order valence-corrected chi connectivity index (χ2v) is 4.14. The summed E-state index contributed by atoms with van der Waals surface area (Å²) in [6.07, 6.45) is -0.623. The van der Waals surface area contributed by atoms with E-state index in [0.29, 0.717) is 17.1 Å². The molecular formula is C13H19NO5. The molecule has 0 aliphatic carbocycles. The van der Waals surface area contributed by atoms with Crippen LogP contribution < -0.4 is 14.8 Å². The number of hydrogen-bond acceptors (Lipinski definition) is 5. The van der Waals surface area contributed by atoms with Crippen molar-refractivity contribution >= 4 is 5.97 Å². The summed E-state index contributed by atoms with van der Waals surface area (Å²) in [5.41, 5.74) is 0.533. The third-order valence-electron chi connectivity index (χ3n) is 2.61. The molecule has 1 rings (SSSR count). The highest BCUT2D eigenvalue weighted by Crippen LogP contribution is 2.30. The van der Waals surface area contributed by atoms with E-state index < -0.39 is 18.1 Å². The Labute approximate surface area is 112 Å². The van der Waals surface area contributed by atoms with Crippen LogP contribution in [0, 0.1) is 0 Å². The SMILES string of the molecule is COc1ccc(C(NCC(C)O)C(=O)O)cc1OC. The van der Waals surface area contributed by atoms with Crippen LogP contribution in [0.5, 0.6) is 11.5 Å². The van der Waals surface area contributed by atoms with Gasteiger partial charge in [0.1, 0.15) is 6.04 Å². The summed E-state index contributed by atoms with van der Waals surface area (Å²) in [4.78, 5) is 11.3. The van der Waals surface area contributed by atoms with Crippen molar-refractivity contribution < 1.29 is 24.5 Å². The van der Waals surface area contributed by atoms with E-state index in [-0.39, 0.29) is 6.54 Å². The van der Waals surface area contributed by atoms with Crippen LogP contribution in [0.1, 0.15) is 18.5 Å². The van der Waals surface area contributed by atoms with Crippen molar-refractivity contribution in [1.82, 2.24) is 5.32 Å². The van der Waals surface area contributed by atoms with E-state index in [9.17, 15) is 15.0 Å². The molecular weight excluding hydrogens is 250 g/mol. The fourth-order valence-corrected chi connectivity index (χ4v) is 1.67. The van der Waals surface area contributed by atoms with E-state index in [1.165, 1.54) is 14.2 Å². The lowest BCUT2D eigenvalue weighted by Crippen LogP contribution is -2.33. The van der Waals surface area contributed by atoms with Crippen LogP contribution in [-0.2, 0) is 4.79 Å². The maximum atomic E-state index is 11.3. The van der Waals surface area contributed by atoms with E-state index in [0.717, 1.165) is 0 Å². The first-order chi connectivity index (χ1) is 8.99. The summed E-state index contributed by atoms with van der Waals surface area (Å²) < 4.78 is 10.2. The molecule has 0 fully saturated rings. The fourth-order valence-electron chi connectivity index (χ4n) is 1.67. The predicted octanol–water partition coefficient (Wildman–Crippen LogP) is 0.800. The molecule has 106 valence electrons. The van der Waals surface area contributed by atoms with Crippen LogP contribution in [0.4, 0.5) is 0 Å². The maximum absolute atomic E-state index is 11.3. The molecule has 0 radical (unpaired) electrons. The molecule has 6 nitrogen and oxygen atoms in total. The zero-order chi connectivity index (χ0) is 14.4. The molecule has 0 aliphatic heterocycles. The van der Waals surface area contributed by atoms with Gasteiger partial charge >= 0.3 is 5.97 Å². The van der Waals surface area contributed by atoms with E-state index >= 15 is 0 Å². The first-order valence-corrected chi connectivity index (χ1v) is 5.85. The van der Waals surface area contributed by atoms with Gasteiger partial charge in [0.05, 0.1) is 20.3 Å². The lowest BCUT2D eigenvalue weighted by atomic mass is 10.1. The smallest absolute Gasteiger partial charge is 0.325 e. The van der Waals surface area contributed by atoms with Crippen LogP contribution in [0.15, 0.2) is 18.2 Å². The summed E-state index contributed by atoms with van der Waals surface area (Å²) in [5.74, 6) is -0.0242. The Bertz CT molecular complexity index is 433. The fraction of sp³-hybridized carbons (Fsp3) is 0.462. The molecule has 2 unspecified atom stereocenters. The molecule has 0 saturated carbocycles. The molecule has 0 spiro atoms. The predicted molar refractivity (Wildman–Crippen MR) is 69.6 cm³/mol. The minimum atomic E-state index is -1.02. The van der Waals surface area contributed by atoms with Gasteiger partial charge in [0.15, 0.2) is 11.5 Å². The van der Waals surface area contributed by atoms with Crippen molar-refractivity contribution in [2.75, 3.05) is 20.8 Å². The number of ether oxygens (including phenoxy) is 2. The van der Waals surface area contributed by atoms with Crippen molar-refractivity contribution in [1.29, 1.82) is 0 Å². The van der Waals surface area contributed by atoms with Crippen LogP contribution in [0.3, 0.4) is 0 Å². The highest BCUT2D eigenvalue weighted by atomic mass is 16.5. The summed E-state index contributed by atoms with van der Waals surface area (Å²) in [6.45, 7) is 1.77. The number of hydrogen-bond donors (Lipinski definition) is 3. The van der Waals surface area contributed by atoms with E-state index in [1.54, 1.807) is 25.1 Å². The molecule has 1 aromatic carbocycles. The first-order valence-electron chi connectivity index (χ1n) is 5.85. The van der Waals surface area contributed by atoms with Gasteiger partial charge in [-0.3, -0.25) is 10.1 Å². The molecule has 0 bridgehead atoms. The van der Waals surface area contributed by atoms with Crippen molar-refractivity contribution in [2.45, 2.75) is 19.1 Å². The number of aliphatic hydroxyl groups excluding tert-OH is 1. The molecule has 0 heterocycles. The van der Waals surface area contributed by atoms with Crippen molar-refractivity contribution in [3.8, 4) is 11.5 Å². The number of aliphatic carboxylic acids is 1. The minimum absolute atomic E-state index is 0.186. The lowest BCUT2D eigenvalue weighted by Gasteiger charge is -2.17. The summed E-state index contributed by atoms with van der Waals surface area (Å²) >= 11 is 0. The Kier molecular flexibility index (Phi) is 5.59. The van der Waals surface area contributed by atoms with E-state index in [4.69, 9.17) is 9.47 Å². The summed E-state index contributed by atoms with van der Waals surface area (Å²) in [6, 6.07) is 3.99. The zero-order valence-corrected chi connectivity index (χ0v) is 11.2. The quantitative estimate of drug-likeness (QED) is 0.678. The molecule has 0 saturated heterocycles.